The summed E-state index contributed by atoms with van der Waals surface area (Å²) in [7, 11) is 1.70. The molecule has 1 aliphatic rings. The Morgan fingerprint density at radius 2 is 2.03 bits per heavy atom. The van der Waals surface area contributed by atoms with Gasteiger partial charge in [0.25, 0.3) is 0 Å². The van der Waals surface area contributed by atoms with Crippen LogP contribution in [0.1, 0.15) is 31.1 Å². The number of rotatable bonds is 5. The smallest absolute Gasteiger partial charge is 0.150 e. The van der Waals surface area contributed by atoms with E-state index in [1.165, 1.54) is 18.6 Å². The van der Waals surface area contributed by atoms with Gasteiger partial charge in [-0.3, -0.25) is 4.99 Å². The largest absolute Gasteiger partial charge is 0.404 e. The Balaban J connectivity index is 1.68. The highest BCUT2D eigenvalue weighted by atomic mass is 19.1. The first kappa shape index (κ1) is 21.9. The standard InChI is InChI=1S/C26H25FN6O/c1-29-14-18(13-28)17-9-10-20-23(12-17)30-16-31-25(20)21-15-33(24-8-4-5-11-34-24)32-26(21)19-6-2-3-7-22(19)27/h2-3,6-7,9-10,12-16,24H,4-5,8,11,28H2,1H3. The van der Waals surface area contributed by atoms with Gasteiger partial charge in [-0.15, -0.1) is 0 Å². The Morgan fingerprint density at radius 3 is 2.79 bits per heavy atom. The zero-order valence-electron chi connectivity index (χ0n) is 18.9. The van der Waals surface area contributed by atoms with E-state index in [1.807, 2.05) is 24.4 Å². The predicted octanol–water partition coefficient (Wildman–Crippen LogP) is 5.00. The topological polar surface area (TPSA) is 91.2 Å². The lowest BCUT2D eigenvalue weighted by Gasteiger charge is -2.22. The van der Waals surface area contributed by atoms with Gasteiger partial charge in [-0.25, -0.2) is 19.0 Å². The molecule has 34 heavy (non-hydrogen) atoms. The lowest BCUT2D eigenvalue weighted by atomic mass is 10.00. The summed E-state index contributed by atoms with van der Waals surface area (Å²) < 4.78 is 22.6. The van der Waals surface area contributed by atoms with Crippen LogP contribution in [-0.2, 0) is 4.74 Å². The maximum Gasteiger partial charge on any atom is 0.150 e. The number of benzene rings is 2. The Bertz CT molecular complexity index is 1390. The lowest BCUT2D eigenvalue weighted by molar-refractivity contribution is -0.0393. The average Bonchev–Trinajstić information content (AvgIpc) is 3.32. The van der Waals surface area contributed by atoms with Gasteiger partial charge in [-0.1, -0.05) is 18.2 Å². The molecular formula is C26H25FN6O. The fourth-order valence-corrected chi connectivity index (χ4v) is 4.30. The van der Waals surface area contributed by atoms with Crippen LogP contribution in [-0.4, -0.2) is 39.6 Å². The summed E-state index contributed by atoms with van der Waals surface area (Å²) in [6.45, 7) is 0.687. The molecule has 0 bridgehead atoms. The van der Waals surface area contributed by atoms with Gasteiger partial charge in [-0.05, 0) is 49.1 Å². The molecular weight excluding hydrogens is 431 g/mol. The van der Waals surface area contributed by atoms with Gasteiger partial charge in [0, 0.05) is 54.4 Å². The van der Waals surface area contributed by atoms with Crippen molar-refractivity contribution >= 4 is 22.7 Å². The Hall–Kier alpha value is -3.91. The highest BCUT2D eigenvalue weighted by Crippen LogP contribution is 2.37. The monoisotopic (exact) mass is 456 g/mol. The molecule has 0 spiro atoms. The number of nitrogens with zero attached hydrogens (tertiary/aromatic N) is 5. The minimum absolute atomic E-state index is 0.182. The second-order valence-corrected chi connectivity index (χ2v) is 8.14. The van der Waals surface area contributed by atoms with Crippen LogP contribution in [0.2, 0.25) is 0 Å². The van der Waals surface area contributed by atoms with Crippen LogP contribution in [0.15, 0.2) is 66.2 Å². The predicted molar refractivity (Wildman–Crippen MR) is 132 cm³/mol. The molecule has 1 saturated heterocycles. The van der Waals surface area contributed by atoms with Crippen LogP contribution in [0.25, 0.3) is 39.0 Å². The van der Waals surface area contributed by atoms with E-state index in [9.17, 15) is 4.39 Å². The average molecular weight is 457 g/mol. The molecule has 1 unspecified atom stereocenters. The van der Waals surface area contributed by atoms with Crippen molar-refractivity contribution in [2.24, 2.45) is 10.7 Å². The van der Waals surface area contributed by atoms with E-state index in [4.69, 9.17) is 15.6 Å². The van der Waals surface area contributed by atoms with Crippen molar-refractivity contribution in [3.63, 3.8) is 0 Å². The zero-order valence-corrected chi connectivity index (χ0v) is 18.9. The molecule has 5 rings (SSSR count). The quantitative estimate of drug-likeness (QED) is 0.427. The van der Waals surface area contributed by atoms with Gasteiger partial charge in [0.05, 0.1) is 11.2 Å². The van der Waals surface area contributed by atoms with E-state index in [1.54, 1.807) is 36.1 Å². The maximum atomic E-state index is 14.8. The molecule has 4 aromatic rings. The molecule has 0 aliphatic carbocycles. The minimum atomic E-state index is -0.337. The number of nitrogens with two attached hydrogens (primary N) is 1. The number of aromatic nitrogens is 4. The van der Waals surface area contributed by atoms with E-state index < -0.39 is 0 Å². The van der Waals surface area contributed by atoms with Crippen molar-refractivity contribution in [3.8, 4) is 22.5 Å². The molecule has 2 aromatic heterocycles. The van der Waals surface area contributed by atoms with E-state index in [0.29, 0.717) is 23.6 Å². The maximum absolute atomic E-state index is 14.8. The Kier molecular flexibility index (Phi) is 6.14. The second-order valence-electron chi connectivity index (χ2n) is 8.14. The molecule has 1 fully saturated rings. The summed E-state index contributed by atoms with van der Waals surface area (Å²) in [5.41, 5.74) is 10.6. The molecule has 8 heteroatoms. The van der Waals surface area contributed by atoms with Crippen LogP contribution < -0.4 is 5.73 Å². The SMILES string of the molecule is CN=CC(=CN)c1ccc2c(-c3cn(C4CCCCO4)nc3-c3ccccc3F)ncnc2c1. The van der Waals surface area contributed by atoms with Crippen molar-refractivity contribution in [1.82, 2.24) is 19.7 Å². The summed E-state index contributed by atoms with van der Waals surface area (Å²) in [6, 6.07) is 12.5. The Labute approximate surface area is 196 Å². The third-order valence-electron chi connectivity index (χ3n) is 5.98. The van der Waals surface area contributed by atoms with Crippen molar-refractivity contribution in [2.45, 2.75) is 25.5 Å². The minimum Gasteiger partial charge on any atom is -0.404 e. The molecule has 3 heterocycles. The number of hydrogen-bond acceptors (Lipinski definition) is 6. The summed E-state index contributed by atoms with van der Waals surface area (Å²) in [6.07, 6.45) is 9.41. The molecule has 7 nitrogen and oxygen atoms in total. The first-order chi connectivity index (χ1) is 16.7. The van der Waals surface area contributed by atoms with Gasteiger partial charge in [-0.2, -0.15) is 5.10 Å². The lowest BCUT2D eigenvalue weighted by Crippen LogP contribution is -2.18. The molecule has 1 atom stereocenters. The van der Waals surface area contributed by atoms with Crippen LogP contribution in [0.3, 0.4) is 0 Å². The number of ether oxygens (including phenoxy) is 1. The van der Waals surface area contributed by atoms with Crippen molar-refractivity contribution in [1.29, 1.82) is 0 Å². The van der Waals surface area contributed by atoms with Crippen molar-refractivity contribution in [3.05, 3.63) is 72.6 Å². The summed E-state index contributed by atoms with van der Waals surface area (Å²) in [5.74, 6) is -0.337. The highest BCUT2D eigenvalue weighted by molar-refractivity contribution is 6.11. The second kappa shape index (κ2) is 9.52. The highest BCUT2D eigenvalue weighted by Gasteiger charge is 2.23. The van der Waals surface area contributed by atoms with Gasteiger partial charge in [0.2, 0.25) is 0 Å². The van der Waals surface area contributed by atoms with Crippen LogP contribution in [0, 0.1) is 5.82 Å². The zero-order chi connectivity index (χ0) is 23.5. The van der Waals surface area contributed by atoms with Crippen molar-refractivity contribution in [2.75, 3.05) is 13.7 Å². The van der Waals surface area contributed by atoms with Crippen molar-refractivity contribution < 1.29 is 9.13 Å². The van der Waals surface area contributed by atoms with Gasteiger partial charge in [0.15, 0.2) is 0 Å². The normalized spacial score (nSPS) is 17.0. The van der Waals surface area contributed by atoms with E-state index >= 15 is 0 Å². The van der Waals surface area contributed by atoms with Gasteiger partial charge >= 0.3 is 0 Å². The van der Waals surface area contributed by atoms with Crippen LogP contribution >= 0.6 is 0 Å². The van der Waals surface area contributed by atoms with Gasteiger partial charge in [0.1, 0.15) is 24.1 Å². The summed E-state index contributed by atoms with van der Waals surface area (Å²) >= 11 is 0. The summed E-state index contributed by atoms with van der Waals surface area (Å²) in [4.78, 5) is 13.1. The molecule has 1 aliphatic heterocycles. The van der Waals surface area contributed by atoms with Crippen LogP contribution in [0.4, 0.5) is 4.39 Å². The molecule has 0 saturated carbocycles. The molecule has 172 valence electrons. The third-order valence-corrected chi connectivity index (χ3v) is 5.98. The van der Waals surface area contributed by atoms with Crippen LogP contribution in [0.5, 0.6) is 0 Å². The number of aliphatic imine (C=N–C) groups is 1. The fourth-order valence-electron chi connectivity index (χ4n) is 4.30. The first-order valence-corrected chi connectivity index (χ1v) is 11.2. The fraction of sp³-hybridized carbons (Fsp3) is 0.231. The van der Waals surface area contributed by atoms with Gasteiger partial charge < -0.3 is 10.5 Å². The molecule has 0 radical (unpaired) electrons. The first-order valence-electron chi connectivity index (χ1n) is 11.2. The molecule has 2 N–H and O–H groups in total. The molecule has 2 aromatic carbocycles. The summed E-state index contributed by atoms with van der Waals surface area (Å²) in [5, 5.41) is 5.61. The van der Waals surface area contributed by atoms with E-state index in [0.717, 1.165) is 46.9 Å². The third kappa shape index (κ3) is 4.08. The van der Waals surface area contributed by atoms with E-state index in [2.05, 4.69) is 15.0 Å². The number of allylic oxidation sites excluding steroid dienone is 1. The number of fused-ring (bicyclic) bond motifs is 1. The number of hydrogen-bond donors (Lipinski definition) is 1. The number of halogens is 1. The van der Waals surface area contributed by atoms with E-state index in [-0.39, 0.29) is 12.0 Å². The molecule has 0 amide bonds. The Morgan fingerprint density at radius 1 is 1.15 bits per heavy atom.